The van der Waals surface area contributed by atoms with Crippen molar-refractivity contribution in [3.63, 3.8) is 0 Å². The molecule has 0 spiro atoms. The molecule has 2 aromatic rings. The second kappa shape index (κ2) is 5.36. The summed E-state index contributed by atoms with van der Waals surface area (Å²) in [5.41, 5.74) is 1.17. The third kappa shape index (κ3) is 2.52. The van der Waals surface area contributed by atoms with Gasteiger partial charge in [-0.1, -0.05) is 5.21 Å². The van der Waals surface area contributed by atoms with Crippen LogP contribution in [0.1, 0.15) is 47.7 Å². The van der Waals surface area contributed by atoms with Crippen molar-refractivity contribution in [1.29, 1.82) is 0 Å². The molecule has 0 atom stereocenters. The third-order valence-electron chi connectivity index (χ3n) is 3.12. The van der Waals surface area contributed by atoms with Crippen molar-refractivity contribution >= 4 is 5.97 Å². The summed E-state index contributed by atoms with van der Waals surface area (Å²) < 4.78 is 6.73. The van der Waals surface area contributed by atoms with Crippen molar-refractivity contribution in [1.82, 2.24) is 25.0 Å². The normalized spacial score (nSPS) is 14.2. The second-order valence-corrected chi connectivity index (χ2v) is 4.64. The van der Waals surface area contributed by atoms with Crippen LogP contribution in [0.5, 0.6) is 0 Å². The molecular weight excluding hydrogens is 258 g/mol. The number of esters is 1. The molecule has 0 aliphatic heterocycles. The van der Waals surface area contributed by atoms with Gasteiger partial charge in [-0.2, -0.15) is 0 Å². The van der Waals surface area contributed by atoms with Crippen LogP contribution in [-0.4, -0.2) is 37.5 Å². The van der Waals surface area contributed by atoms with Gasteiger partial charge >= 0.3 is 5.97 Å². The molecule has 7 nitrogen and oxygen atoms in total. The van der Waals surface area contributed by atoms with Crippen molar-refractivity contribution in [2.75, 3.05) is 6.61 Å². The average molecular weight is 273 g/mol. The summed E-state index contributed by atoms with van der Waals surface area (Å²) in [7, 11) is 0. The first-order valence-electron chi connectivity index (χ1n) is 6.66. The Hall–Kier alpha value is -2.31. The number of carbonyl (C=O) groups is 1. The first kappa shape index (κ1) is 12.7. The Morgan fingerprint density at radius 1 is 1.40 bits per heavy atom. The Bertz CT molecular complexity index is 606. The maximum Gasteiger partial charge on any atom is 0.360 e. The number of aromatic nitrogens is 5. The molecule has 1 saturated carbocycles. The largest absolute Gasteiger partial charge is 0.461 e. The van der Waals surface area contributed by atoms with Gasteiger partial charge in [0, 0.05) is 18.3 Å². The van der Waals surface area contributed by atoms with Gasteiger partial charge in [-0.05, 0) is 25.8 Å². The highest BCUT2D eigenvalue weighted by molar-refractivity contribution is 5.88. The zero-order valence-corrected chi connectivity index (χ0v) is 11.2. The van der Waals surface area contributed by atoms with E-state index >= 15 is 0 Å². The molecular formula is C13H15N5O2. The van der Waals surface area contributed by atoms with E-state index in [0.717, 1.165) is 18.5 Å². The molecule has 0 radical (unpaired) electrons. The summed E-state index contributed by atoms with van der Waals surface area (Å²) in [5.74, 6) is 0.581. The molecule has 1 aliphatic rings. The standard InChI is InChI=1S/C13H15N5O2/c1-2-20-13(19)11-12(9-4-5-9)18(17-16-11)8-10-14-6-3-7-15-10/h3,6-7,9H,2,4-5,8H2,1H3. The molecule has 0 amide bonds. The van der Waals surface area contributed by atoms with Crippen LogP contribution in [0.4, 0.5) is 0 Å². The van der Waals surface area contributed by atoms with E-state index in [1.165, 1.54) is 0 Å². The van der Waals surface area contributed by atoms with Crippen molar-refractivity contribution in [2.45, 2.75) is 32.2 Å². The number of hydrogen-bond acceptors (Lipinski definition) is 6. The van der Waals surface area contributed by atoms with Gasteiger partial charge in [0.05, 0.1) is 12.3 Å². The molecule has 20 heavy (non-hydrogen) atoms. The molecule has 7 heteroatoms. The van der Waals surface area contributed by atoms with E-state index in [4.69, 9.17) is 4.74 Å². The van der Waals surface area contributed by atoms with E-state index in [2.05, 4.69) is 20.3 Å². The first-order valence-corrected chi connectivity index (χ1v) is 6.66. The van der Waals surface area contributed by atoms with Gasteiger partial charge in [-0.15, -0.1) is 5.10 Å². The minimum atomic E-state index is -0.408. The molecule has 0 bridgehead atoms. The maximum atomic E-state index is 11.9. The lowest BCUT2D eigenvalue weighted by Gasteiger charge is -2.05. The SMILES string of the molecule is CCOC(=O)c1nnn(Cc2ncccn2)c1C1CC1. The molecule has 0 aromatic carbocycles. The van der Waals surface area contributed by atoms with Crippen molar-refractivity contribution in [3.05, 3.63) is 35.7 Å². The van der Waals surface area contributed by atoms with Gasteiger partial charge in [0.15, 0.2) is 5.69 Å². The fourth-order valence-electron chi connectivity index (χ4n) is 2.09. The van der Waals surface area contributed by atoms with Gasteiger partial charge in [-0.3, -0.25) is 0 Å². The minimum Gasteiger partial charge on any atom is -0.461 e. The molecule has 2 aromatic heterocycles. The van der Waals surface area contributed by atoms with Crippen LogP contribution in [-0.2, 0) is 11.3 Å². The fourth-order valence-corrected chi connectivity index (χ4v) is 2.09. The number of hydrogen-bond donors (Lipinski definition) is 0. The zero-order chi connectivity index (χ0) is 13.9. The van der Waals surface area contributed by atoms with Crippen LogP contribution in [0.2, 0.25) is 0 Å². The summed E-state index contributed by atoms with van der Waals surface area (Å²) in [6.07, 6.45) is 5.47. The summed E-state index contributed by atoms with van der Waals surface area (Å²) in [6.45, 7) is 2.52. The Balaban J connectivity index is 1.89. The summed E-state index contributed by atoms with van der Waals surface area (Å²) in [5, 5.41) is 8.04. The van der Waals surface area contributed by atoms with Crippen LogP contribution in [0.15, 0.2) is 18.5 Å². The van der Waals surface area contributed by atoms with E-state index < -0.39 is 5.97 Å². The van der Waals surface area contributed by atoms with Crippen LogP contribution in [0.25, 0.3) is 0 Å². The van der Waals surface area contributed by atoms with Gasteiger partial charge < -0.3 is 4.74 Å². The van der Waals surface area contributed by atoms with E-state index in [1.807, 2.05) is 0 Å². The molecule has 0 N–H and O–H groups in total. The summed E-state index contributed by atoms with van der Waals surface area (Å²) in [4.78, 5) is 20.2. The predicted molar refractivity (Wildman–Crippen MR) is 69.1 cm³/mol. The lowest BCUT2D eigenvalue weighted by molar-refractivity contribution is 0.0518. The van der Waals surface area contributed by atoms with Crippen LogP contribution >= 0.6 is 0 Å². The van der Waals surface area contributed by atoms with Gasteiger partial charge in [0.25, 0.3) is 0 Å². The highest BCUT2D eigenvalue weighted by Gasteiger charge is 2.34. The highest BCUT2D eigenvalue weighted by Crippen LogP contribution is 2.41. The molecule has 3 rings (SSSR count). The molecule has 104 valence electrons. The van der Waals surface area contributed by atoms with Crippen molar-refractivity contribution < 1.29 is 9.53 Å². The number of rotatable bonds is 5. The molecule has 0 saturated heterocycles. The number of ether oxygens (including phenoxy) is 1. The van der Waals surface area contributed by atoms with Crippen LogP contribution in [0.3, 0.4) is 0 Å². The number of carbonyl (C=O) groups excluding carboxylic acids is 1. The number of nitrogens with zero attached hydrogens (tertiary/aromatic N) is 5. The Morgan fingerprint density at radius 2 is 2.15 bits per heavy atom. The monoisotopic (exact) mass is 273 g/mol. The van der Waals surface area contributed by atoms with E-state index in [1.54, 1.807) is 30.1 Å². The van der Waals surface area contributed by atoms with E-state index in [-0.39, 0.29) is 0 Å². The van der Waals surface area contributed by atoms with E-state index in [0.29, 0.717) is 30.6 Å². The second-order valence-electron chi connectivity index (χ2n) is 4.64. The minimum absolute atomic E-state index is 0.324. The van der Waals surface area contributed by atoms with Gasteiger partial charge in [0.1, 0.15) is 12.4 Å². The van der Waals surface area contributed by atoms with Crippen molar-refractivity contribution in [2.24, 2.45) is 0 Å². The predicted octanol–water partition coefficient (Wildman–Crippen LogP) is 1.17. The maximum absolute atomic E-state index is 11.9. The van der Waals surface area contributed by atoms with Crippen LogP contribution < -0.4 is 0 Å². The van der Waals surface area contributed by atoms with E-state index in [9.17, 15) is 4.79 Å². The lowest BCUT2D eigenvalue weighted by Crippen LogP contribution is -2.12. The Morgan fingerprint density at radius 3 is 2.80 bits per heavy atom. The average Bonchev–Trinajstić information content (AvgIpc) is 3.21. The zero-order valence-electron chi connectivity index (χ0n) is 11.2. The lowest BCUT2D eigenvalue weighted by atomic mass is 10.2. The van der Waals surface area contributed by atoms with Gasteiger partial charge in [0.2, 0.25) is 0 Å². The molecule has 0 unspecified atom stereocenters. The Labute approximate surface area is 116 Å². The first-order chi connectivity index (χ1) is 9.79. The quantitative estimate of drug-likeness (QED) is 0.760. The van der Waals surface area contributed by atoms with Crippen molar-refractivity contribution in [3.8, 4) is 0 Å². The smallest absolute Gasteiger partial charge is 0.360 e. The van der Waals surface area contributed by atoms with Crippen LogP contribution in [0, 0.1) is 0 Å². The molecule has 1 aliphatic carbocycles. The van der Waals surface area contributed by atoms with Gasteiger partial charge in [-0.25, -0.2) is 19.4 Å². The molecule has 1 fully saturated rings. The summed E-state index contributed by atoms with van der Waals surface area (Å²) in [6, 6.07) is 1.76. The topological polar surface area (TPSA) is 82.8 Å². The fraction of sp³-hybridized carbons (Fsp3) is 0.462. The third-order valence-corrected chi connectivity index (χ3v) is 3.12. The molecule has 2 heterocycles. The Kier molecular flexibility index (Phi) is 3.41. The highest BCUT2D eigenvalue weighted by atomic mass is 16.5. The summed E-state index contributed by atoms with van der Waals surface area (Å²) >= 11 is 0.